The molecule has 9 nitrogen and oxygen atoms in total. The smallest absolute Gasteiger partial charge is 0.409 e. The van der Waals surface area contributed by atoms with Gasteiger partial charge in [0.15, 0.2) is 11.0 Å². The molecule has 2 amide bonds. The predicted octanol–water partition coefficient (Wildman–Crippen LogP) is 2.78. The van der Waals surface area contributed by atoms with E-state index in [1.807, 2.05) is 34.9 Å². The van der Waals surface area contributed by atoms with Crippen LogP contribution >= 0.6 is 11.8 Å². The molecule has 10 heteroatoms. The number of hydrogen-bond donors (Lipinski definition) is 0. The third-order valence-electron chi connectivity index (χ3n) is 5.32. The van der Waals surface area contributed by atoms with Crippen molar-refractivity contribution in [3.63, 3.8) is 0 Å². The summed E-state index contributed by atoms with van der Waals surface area (Å²) in [5.41, 5.74) is 2.04. The van der Waals surface area contributed by atoms with Crippen molar-refractivity contribution in [2.75, 3.05) is 38.5 Å². The van der Waals surface area contributed by atoms with Gasteiger partial charge in [0.25, 0.3) is 0 Å². The highest BCUT2D eigenvalue weighted by molar-refractivity contribution is 7.99. The summed E-state index contributed by atoms with van der Waals surface area (Å²) in [6.45, 7) is 4.68. The van der Waals surface area contributed by atoms with Crippen LogP contribution in [0.25, 0.3) is 11.4 Å². The van der Waals surface area contributed by atoms with Gasteiger partial charge in [0.1, 0.15) is 0 Å². The fourth-order valence-corrected chi connectivity index (χ4v) is 4.43. The zero-order valence-corrected chi connectivity index (χ0v) is 19.3. The summed E-state index contributed by atoms with van der Waals surface area (Å²) in [5.74, 6) is 1.00. The third kappa shape index (κ3) is 5.70. The van der Waals surface area contributed by atoms with Crippen LogP contribution < -0.4 is 0 Å². The van der Waals surface area contributed by atoms with Crippen molar-refractivity contribution in [2.24, 2.45) is 0 Å². The highest BCUT2D eigenvalue weighted by atomic mass is 32.2. The minimum Gasteiger partial charge on any atom is -0.450 e. The van der Waals surface area contributed by atoms with E-state index in [1.165, 1.54) is 11.8 Å². The second-order valence-corrected chi connectivity index (χ2v) is 8.41. The summed E-state index contributed by atoms with van der Waals surface area (Å²) >= 11 is 1.38. The second-order valence-electron chi connectivity index (χ2n) is 7.47. The fraction of sp³-hybridized carbons (Fsp3) is 0.348. The van der Waals surface area contributed by atoms with Crippen LogP contribution in [-0.4, -0.2) is 80.1 Å². The molecule has 2 aromatic heterocycles. The van der Waals surface area contributed by atoms with Crippen LogP contribution in [0.5, 0.6) is 0 Å². The molecule has 3 aromatic rings. The number of nitrogens with zero attached hydrogens (tertiary/aromatic N) is 6. The average molecular weight is 467 g/mol. The van der Waals surface area contributed by atoms with Gasteiger partial charge in [-0.25, -0.2) is 4.79 Å². The van der Waals surface area contributed by atoms with Gasteiger partial charge in [-0.05, 0) is 24.6 Å². The van der Waals surface area contributed by atoms with Crippen LogP contribution in [0.1, 0.15) is 12.5 Å². The number of thioether (sulfide) groups is 1. The molecule has 33 heavy (non-hydrogen) atoms. The molecule has 1 aromatic carbocycles. The first-order chi connectivity index (χ1) is 16.2. The highest BCUT2D eigenvalue weighted by Gasteiger charge is 2.25. The SMILES string of the molecule is CCOC(=O)N1CCN(C(=O)CSc2nnc(-c3ccncc3)n2Cc2ccccc2)CC1. The van der Waals surface area contributed by atoms with E-state index in [4.69, 9.17) is 4.74 Å². The largest absolute Gasteiger partial charge is 0.450 e. The molecular formula is C23H26N6O3S. The normalized spacial score (nSPS) is 13.7. The lowest BCUT2D eigenvalue weighted by molar-refractivity contribution is -0.129. The molecule has 0 N–H and O–H groups in total. The molecule has 0 spiro atoms. The minimum absolute atomic E-state index is 0.0169. The lowest BCUT2D eigenvalue weighted by Crippen LogP contribution is -2.51. The first-order valence-corrected chi connectivity index (χ1v) is 11.8. The first-order valence-electron chi connectivity index (χ1n) is 10.9. The molecule has 0 radical (unpaired) electrons. The lowest BCUT2D eigenvalue weighted by atomic mass is 10.2. The summed E-state index contributed by atoms with van der Waals surface area (Å²) in [4.78, 5) is 32.2. The Morgan fingerprint density at radius 1 is 0.970 bits per heavy atom. The number of carbonyl (C=O) groups excluding carboxylic acids is 2. The zero-order chi connectivity index (χ0) is 23.0. The van der Waals surface area contributed by atoms with E-state index in [9.17, 15) is 9.59 Å². The van der Waals surface area contributed by atoms with Crippen molar-refractivity contribution >= 4 is 23.8 Å². The van der Waals surface area contributed by atoms with Crippen LogP contribution in [0, 0.1) is 0 Å². The van der Waals surface area contributed by atoms with Crippen LogP contribution in [0.15, 0.2) is 60.0 Å². The molecule has 1 fully saturated rings. The van der Waals surface area contributed by atoms with Crippen molar-refractivity contribution in [1.29, 1.82) is 0 Å². The van der Waals surface area contributed by atoms with Crippen molar-refractivity contribution in [3.05, 3.63) is 60.4 Å². The topological polar surface area (TPSA) is 93.4 Å². The van der Waals surface area contributed by atoms with E-state index in [0.29, 0.717) is 44.5 Å². The number of aromatic nitrogens is 4. The Morgan fingerprint density at radius 2 is 1.67 bits per heavy atom. The maximum Gasteiger partial charge on any atom is 0.409 e. The van der Waals surface area contributed by atoms with Gasteiger partial charge in [0.05, 0.1) is 18.9 Å². The van der Waals surface area contributed by atoms with E-state index < -0.39 is 0 Å². The molecule has 3 heterocycles. The number of ether oxygens (including phenoxy) is 1. The van der Waals surface area contributed by atoms with Gasteiger partial charge in [0, 0.05) is 44.1 Å². The molecule has 1 saturated heterocycles. The third-order valence-corrected chi connectivity index (χ3v) is 6.27. The molecule has 172 valence electrons. The van der Waals surface area contributed by atoms with Gasteiger partial charge in [-0.2, -0.15) is 0 Å². The molecule has 0 atom stereocenters. The minimum atomic E-state index is -0.323. The maximum atomic E-state index is 12.8. The molecule has 0 unspecified atom stereocenters. The van der Waals surface area contributed by atoms with Gasteiger partial charge in [-0.3, -0.25) is 14.3 Å². The van der Waals surface area contributed by atoms with Gasteiger partial charge < -0.3 is 14.5 Å². The lowest BCUT2D eigenvalue weighted by Gasteiger charge is -2.34. The summed E-state index contributed by atoms with van der Waals surface area (Å²) in [6.07, 6.45) is 3.13. The van der Waals surface area contributed by atoms with Gasteiger partial charge in [0.2, 0.25) is 5.91 Å². The molecule has 0 saturated carbocycles. The number of amides is 2. The van der Waals surface area contributed by atoms with Crippen LogP contribution in [0.2, 0.25) is 0 Å². The summed E-state index contributed by atoms with van der Waals surface area (Å²) in [6, 6.07) is 13.9. The number of hydrogen-bond acceptors (Lipinski definition) is 7. The van der Waals surface area contributed by atoms with E-state index in [1.54, 1.807) is 29.1 Å². The van der Waals surface area contributed by atoms with Gasteiger partial charge in [-0.15, -0.1) is 10.2 Å². The fourth-order valence-electron chi connectivity index (χ4n) is 3.59. The van der Waals surface area contributed by atoms with E-state index in [2.05, 4.69) is 27.3 Å². The van der Waals surface area contributed by atoms with Crippen molar-refractivity contribution in [3.8, 4) is 11.4 Å². The van der Waals surface area contributed by atoms with Crippen molar-refractivity contribution < 1.29 is 14.3 Å². The second kappa shape index (κ2) is 11.0. The standard InChI is InChI=1S/C23H26N6O3S/c1-2-32-23(31)28-14-12-27(13-15-28)20(30)17-33-22-26-25-21(19-8-10-24-11-9-19)29(22)16-18-6-4-3-5-7-18/h3-11H,2,12-17H2,1H3. The quantitative estimate of drug-likeness (QED) is 0.494. The molecule has 1 aliphatic heterocycles. The average Bonchev–Trinajstić information content (AvgIpc) is 3.26. The molecule has 4 rings (SSSR count). The Morgan fingerprint density at radius 3 is 2.36 bits per heavy atom. The highest BCUT2D eigenvalue weighted by Crippen LogP contribution is 2.25. The van der Waals surface area contributed by atoms with E-state index >= 15 is 0 Å². The molecular weight excluding hydrogens is 440 g/mol. The van der Waals surface area contributed by atoms with Crippen LogP contribution in [-0.2, 0) is 16.1 Å². The van der Waals surface area contributed by atoms with E-state index in [0.717, 1.165) is 17.0 Å². The number of carbonyl (C=O) groups is 2. The van der Waals surface area contributed by atoms with Crippen LogP contribution in [0.3, 0.4) is 0 Å². The Labute approximate surface area is 196 Å². The first kappa shape index (κ1) is 22.8. The zero-order valence-electron chi connectivity index (χ0n) is 18.5. The Kier molecular flexibility index (Phi) is 7.56. The molecule has 0 bridgehead atoms. The molecule has 1 aliphatic rings. The Balaban J connectivity index is 1.43. The van der Waals surface area contributed by atoms with Crippen LogP contribution in [0.4, 0.5) is 4.79 Å². The summed E-state index contributed by atoms with van der Waals surface area (Å²) in [7, 11) is 0. The molecule has 0 aliphatic carbocycles. The Bertz CT molecular complexity index is 1070. The monoisotopic (exact) mass is 466 g/mol. The van der Waals surface area contributed by atoms with E-state index in [-0.39, 0.29) is 17.8 Å². The van der Waals surface area contributed by atoms with Crippen molar-refractivity contribution in [1.82, 2.24) is 29.5 Å². The van der Waals surface area contributed by atoms with Gasteiger partial charge >= 0.3 is 6.09 Å². The van der Waals surface area contributed by atoms with Crippen molar-refractivity contribution in [2.45, 2.75) is 18.6 Å². The number of benzene rings is 1. The number of pyridine rings is 1. The maximum absolute atomic E-state index is 12.8. The summed E-state index contributed by atoms with van der Waals surface area (Å²) in [5, 5.41) is 9.46. The Hall–Kier alpha value is -3.40. The van der Waals surface area contributed by atoms with Gasteiger partial charge in [-0.1, -0.05) is 42.1 Å². The predicted molar refractivity (Wildman–Crippen MR) is 125 cm³/mol. The summed E-state index contributed by atoms with van der Waals surface area (Å²) < 4.78 is 7.07. The number of piperazine rings is 1. The number of rotatable bonds is 7.